The number of benzene rings is 2. The number of phenols is 1. The van der Waals surface area contributed by atoms with E-state index in [9.17, 15) is 9.90 Å². The molecule has 164 valence electrons. The molecule has 1 aromatic heterocycles. The minimum atomic E-state index is -0.232. The van der Waals surface area contributed by atoms with Gasteiger partial charge in [0, 0.05) is 28.7 Å². The maximum atomic E-state index is 13.0. The van der Waals surface area contributed by atoms with Crippen LogP contribution in [0.15, 0.2) is 79.4 Å². The van der Waals surface area contributed by atoms with Gasteiger partial charge in [-0.05, 0) is 55.3 Å². The normalized spacial score (nSPS) is 14.1. The van der Waals surface area contributed by atoms with Crippen LogP contribution in [0, 0.1) is 0 Å². The molecule has 2 aromatic carbocycles. The highest BCUT2D eigenvalue weighted by Gasteiger charge is 2.22. The molecule has 0 spiro atoms. The fraction of sp³-hybridized carbons (Fsp3) is 0.192. The number of phenolic OH excluding ortho intramolecular Hbond substituents is 1. The standard InChI is InChI=1S/C26H25NO4S/c1-3-4-7-18(2)24(29)26-25(22-13-8-19(28)16-23(22)32-26)31-21-11-9-20(10-12-21)30-17-27-14-5-6-15-27/h3-4,7-13,16,28H,1-2,5-6,14-15,17H2/b7-4-. The van der Waals surface area contributed by atoms with E-state index >= 15 is 0 Å². The first-order valence-corrected chi connectivity index (χ1v) is 11.3. The average molecular weight is 448 g/mol. The molecule has 3 aromatic rings. The number of ketones is 1. The minimum absolute atomic E-state index is 0.134. The van der Waals surface area contributed by atoms with E-state index in [-0.39, 0.29) is 11.5 Å². The van der Waals surface area contributed by atoms with Crippen LogP contribution in [0.25, 0.3) is 10.1 Å². The van der Waals surface area contributed by atoms with Crippen LogP contribution in [-0.2, 0) is 0 Å². The number of rotatable bonds is 9. The number of fused-ring (bicyclic) bond motifs is 1. The monoisotopic (exact) mass is 447 g/mol. The molecule has 1 fully saturated rings. The van der Waals surface area contributed by atoms with Crippen molar-refractivity contribution in [3.8, 4) is 23.0 Å². The molecule has 1 N–H and O–H groups in total. The number of carbonyl (C=O) groups excluding carboxylic acids is 1. The first-order chi connectivity index (χ1) is 15.5. The Hall–Kier alpha value is -3.35. The van der Waals surface area contributed by atoms with Gasteiger partial charge in [0.1, 0.15) is 28.9 Å². The second-order valence-corrected chi connectivity index (χ2v) is 8.61. The molecule has 0 aliphatic carbocycles. The highest BCUT2D eigenvalue weighted by molar-refractivity contribution is 7.21. The molecule has 0 atom stereocenters. The summed E-state index contributed by atoms with van der Waals surface area (Å²) in [5, 5.41) is 10.6. The number of thiophene rings is 1. The van der Waals surface area contributed by atoms with E-state index in [1.807, 2.05) is 24.3 Å². The zero-order valence-corrected chi connectivity index (χ0v) is 18.6. The summed E-state index contributed by atoms with van der Waals surface area (Å²) in [6, 6.07) is 12.3. The fourth-order valence-corrected chi connectivity index (χ4v) is 4.66. The van der Waals surface area contributed by atoms with E-state index in [1.165, 1.54) is 24.2 Å². The van der Waals surface area contributed by atoms with E-state index < -0.39 is 0 Å². The molecular formula is C26H25NO4S. The number of carbonyl (C=O) groups is 1. The summed E-state index contributed by atoms with van der Waals surface area (Å²) in [4.78, 5) is 15.7. The number of likely N-dealkylation sites (tertiary alicyclic amines) is 1. The third-order valence-electron chi connectivity index (χ3n) is 5.22. The van der Waals surface area contributed by atoms with Crippen LogP contribution < -0.4 is 9.47 Å². The van der Waals surface area contributed by atoms with Crippen molar-refractivity contribution in [1.82, 2.24) is 4.90 Å². The molecule has 0 saturated carbocycles. The van der Waals surface area contributed by atoms with Gasteiger partial charge in [-0.1, -0.05) is 31.4 Å². The molecular weight excluding hydrogens is 422 g/mol. The summed E-state index contributed by atoms with van der Waals surface area (Å²) < 4.78 is 12.8. The topological polar surface area (TPSA) is 59.0 Å². The summed E-state index contributed by atoms with van der Waals surface area (Å²) in [7, 11) is 0. The van der Waals surface area contributed by atoms with Crippen LogP contribution in [0.5, 0.6) is 23.0 Å². The van der Waals surface area contributed by atoms with Gasteiger partial charge in [-0.3, -0.25) is 9.69 Å². The Morgan fingerprint density at radius 3 is 2.56 bits per heavy atom. The molecule has 6 heteroatoms. The van der Waals surface area contributed by atoms with Crippen molar-refractivity contribution in [3.05, 3.63) is 84.3 Å². The average Bonchev–Trinajstić information content (AvgIpc) is 3.44. The second-order valence-electron chi connectivity index (χ2n) is 7.56. The Bertz CT molecular complexity index is 1170. The van der Waals surface area contributed by atoms with Crippen molar-refractivity contribution in [2.24, 2.45) is 0 Å². The van der Waals surface area contributed by atoms with Gasteiger partial charge >= 0.3 is 0 Å². The molecule has 32 heavy (non-hydrogen) atoms. The lowest BCUT2D eigenvalue weighted by Gasteiger charge is -2.15. The molecule has 5 nitrogen and oxygen atoms in total. The summed E-state index contributed by atoms with van der Waals surface area (Å²) in [6.07, 6.45) is 7.32. The molecule has 0 radical (unpaired) electrons. The van der Waals surface area contributed by atoms with Crippen molar-refractivity contribution in [2.75, 3.05) is 19.8 Å². The first-order valence-electron chi connectivity index (χ1n) is 10.5. The number of allylic oxidation sites excluding steroid dienone is 4. The van der Waals surface area contributed by atoms with Crippen molar-refractivity contribution in [3.63, 3.8) is 0 Å². The molecule has 1 saturated heterocycles. The highest BCUT2D eigenvalue weighted by atomic mass is 32.1. The third kappa shape index (κ3) is 4.93. The molecule has 4 rings (SSSR count). The fourth-order valence-electron chi connectivity index (χ4n) is 3.52. The molecule has 2 heterocycles. The Balaban J connectivity index is 1.58. The maximum Gasteiger partial charge on any atom is 0.206 e. The summed E-state index contributed by atoms with van der Waals surface area (Å²) in [5.74, 6) is 1.71. The van der Waals surface area contributed by atoms with E-state index in [0.717, 1.165) is 28.9 Å². The number of aromatic hydroxyl groups is 1. The van der Waals surface area contributed by atoms with Gasteiger partial charge in [-0.2, -0.15) is 0 Å². The van der Waals surface area contributed by atoms with Gasteiger partial charge in [0.15, 0.2) is 5.75 Å². The quantitative estimate of drug-likeness (QED) is 0.237. The van der Waals surface area contributed by atoms with Gasteiger partial charge in [-0.15, -0.1) is 11.3 Å². The number of nitrogens with zero attached hydrogens (tertiary/aromatic N) is 1. The lowest BCUT2D eigenvalue weighted by atomic mass is 10.1. The van der Waals surface area contributed by atoms with Crippen molar-refractivity contribution in [2.45, 2.75) is 12.8 Å². The summed E-state index contributed by atoms with van der Waals surface area (Å²) in [5.41, 5.74) is 0.330. The van der Waals surface area contributed by atoms with E-state index in [1.54, 1.807) is 36.4 Å². The Labute approximate surface area is 191 Å². The molecule has 1 aliphatic heterocycles. The number of Topliss-reactive ketones (excluding diaryl/α,β-unsaturated/α-hetero) is 1. The highest BCUT2D eigenvalue weighted by Crippen LogP contribution is 2.42. The molecule has 1 aliphatic rings. The van der Waals surface area contributed by atoms with Gasteiger partial charge in [-0.25, -0.2) is 0 Å². The predicted molar refractivity (Wildman–Crippen MR) is 129 cm³/mol. The van der Waals surface area contributed by atoms with Crippen LogP contribution in [0.2, 0.25) is 0 Å². The van der Waals surface area contributed by atoms with Gasteiger partial charge in [0.05, 0.1) is 0 Å². The van der Waals surface area contributed by atoms with Crippen LogP contribution >= 0.6 is 11.3 Å². The van der Waals surface area contributed by atoms with Crippen LogP contribution in [0.4, 0.5) is 0 Å². The zero-order valence-electron chi connectivity index (χ0n) is 17.8. The Morgan fingerprint density at radius 2 is 1.84 bits per heavy atom. The minimum Gasteiger partial charge on any atom is -0.508 e. The van der Waals surface area contributed by atoms with E-state index in [4.69, 9.17) is 9.47 Å². The van der Waals surface area contributed by atoms with E-state index in [2.05, 4.69) is 18.1 Å². The Kier molecular flexibility index (Phi) is 6.73. The SMILES string of the molecule is C=C/C=C\C(=C)C(=O)c1sc2cc(O)ccc2c1Oc1ccc(OCN2CCCC2)cc1. The predicted octanol–water partition coefficient (Wildman–Crippen LogP) is 6.31. The lowest BCUT2D eigenvalue weighted by molar-refractivity contribution is 0.104. The third-order valence-corrected chi connectivity index (χ3v) is 6.35. The number of hydrogen-bond donors (Lipinski definition) is 1. The second kappa shape index (κ2) is 9.85. The van der Waals surface area contributed by atoms with Crippen molar-refractivity contribution >= 4 is 27.2 Å². The van der Waals surface area contributed by atoms with Crippen molar-refractivity contribution in [1.29, 1.82) is 0 Å². The van der Waals surface area contributed by atoms with Crippen LogP contribution in [0.3, 0.4) is 0 Å². The summed E-state index contributed by atoms with van der Waals surface area (Å²) in [6.45, 7) is 10.2. The van der Waals surface area contributed by atoms with Gasteiger partial charge in [0.25, 0.3) is 0 Å². The van der Waals surface area contributed by atoms with Gasteiger partial charge in [0.2, 0.25) is 5.78 Å². The molecule has 0 bridgehead atoms. The Morgan fingerprint density at radius 1 is 1.12 bits per heavy atom. The van der Waals surface area contributed by atoms with Gasteiger partial charge < -0.3 is 14.6 Å². The molecule has 0 amide bonds. The first kappa shape index (κ1) is 21.9. The number of hydrogen-bond acceptors (Lipinski definition) is 6. The largest absolute Gasteiger partial charge is 0.508 e. The van der Waals surface area contributed by atoms with Crippen LogP contribution in [-0.4, -0.2) is 35.6 Å². The molecule has 0 unspecified atom stereocenters. The van der Waals surface area contributed by atoms with Crippen molar-refractivity contribution < 1.29 is 19.4 Å². The number of ether oxygens (including phenoxy) is 2. The van der Waals surface area contributed by atoms with Crippen LogP contribution in [0.1, 0.15) is 22.5 Å². The smallest absolute Gasteiger partial charge is 0.206 e. The van der Waals surface area contributed by atoms with E-state index in [0.29, 0.717) is 28.7 Å². The lowest BCUT2D eigenvalue weighted by Crippen LogP contribution is -2.24. The zero-order chi connectivity index (χ0) is 22.5. The summed E-state index contributed by atoms with van der Waals surface area (Å²) >= 11 is 1.27. The maximum absolute atomic E-state index is 13.0.